The summed E-state index contributed by atoms with van der Waals surface area (Å²) >= 11 is 4.16. The number of aryl methyl sites for hydroxylation is 1. The van der Waals surface area contributed by atoms with Crippen molar-refractivity contribution in [2.75, 3.05) is 11.5 Å². The topological polar surface area (TPSA) is 133 Å². The van der Waals surface area contributed by atoms with Crippen molar-refractivity contribution in [3.8, 4) is 0 Å². The van der Waals surface area contributed by atoms with Crippen LogP contribution >= 0.6 is 34.9 Å². The minimum Gasteiger partial charge on any atom is -0.543 e. The molecule has 29 heavy (non-hydrogen) atoms. The molecule has 2 aliphatic heterocycles. The molecule has 4 heterocycles. The number of nitrogens with one attached hydrogen (secondary N) is 1. The number of hydrogen-bond donors (Lipinski definition) is 1. The Morgan fingerprint density at radius 2 is 2.28 bits per heavy atom. The molecule has 2 aromatic heterocycles. The molecule has 152 valence electrons. The summed E-state index contributed by atoms with van der Waals surface area (Å²) in [5, 5.41) is 27.6. The molecule has 10 nitrogen and oxygen atoms in total. The predicted octanol–water partition coefficient (Wildman–Crippen LogP) is -0.990. The van der Waals surface area contributed by atoms with E-state index in [1.807, 2.05) is 17.5 Å². The molecular formula is C16H15N6O4S3-. The zero-order valence-corrected chi connectivity index (χ0v) is 17.6. The summed E-state index contributed by atoms with van der Waals surface area (Å²) in [7, 11) is 1.68. The van der Waals surface area contributed by atoms with Gasteiger partial charge in [0.05, 0.1) is 18.1 Å². The second kappa shape index (κ2) is 8.16. The van der Waals surface area contributed by atoms with Gasteiger partial charge in [0.15, 0.2) is 0 Å². The van der Waals surface area contributed by atoms with Crippen molar-refractivity contribution in [1.29, 1.82) is 0 Å². The Morgan fingerprint density at radius 3 is 2.93 bits per heavy atom. The molecule has 2 atom stereocenters. The van der Waals surface area contributed by atoms with Gasteiger partial charge in [-0.3, -0.25) is 14.5 Å². The summed E-state index contributed by atoms with van der Waals surface area (Å²) in [5.74, 6) is -1.38. The number of fused-ring (bicyclic) bond motifs is 1. The third kappa shape index (κ3) is 3.89. The van der Waals surface area contributed by atoms with Gasteiger partial charge in [-0.15, -0.1) is 28.2 Å². The van der Waals surface area contributed by atoms with Crippen LogP contribution in [0.4, 0.5) is 0 Å². The maximum absolute atomic E-state index is 12.6. The Balaban J connectivity index is 1.45. The molecule has 2 aromatic rings. The van der Waals surface area contributed by atoms with E-state index in [0.717, 1.165) is 4.88 Å². The lowest BCUT2D eigenvalue weighted by Gasteiger charge is -2.50. The van der Waals surface area contributed by atoms with Gasteiger partial charge >= 0.3 is 0 Å². The Bertz CT molecular complexity index is 989. The van der Waals surface area contributed by atoms with Gasteiger partial charge in [-0.25, -0.2) is 4.68 Å². The summed E-state index contributed by atoms with van der Waals surface area (Å²) < 4.78 is 1.48. The lowest BCUT2D eigenvalue weighted by Crippen LogP contribution is -2.71. The maximum Gasteiger partial charge on any atom is 0.253 e. The lowest BCUT2D eigenvalue weighted by molar-refractivity contribution is -0.301. The smallest absolute Gasteiger partial charge is 0.253 e. The number of β-lactam (4-membered cyclic amide) rings is 1. The highest BCUT2D eigenvalue weighted by Gasteiger charge is 2.52. The number of aliphatic carboxylic acids is 1. The van der Waals surface area contributed by atoms with Crippen LogP contribution in [0, 0.1) is 0 Å². The zero-order valence-electron chi connectivity index (χ0n) is 15.1. The predicted molar refractivity (Wildman–Crippen MR) is 105 cm³/mol. The molecule has 2 aliphatic rings. The molecule has 2 unspecified atom stereocenters. The summed E-state index contributed by atoms with van der Waals surface area (Å²) in [6.07, 6.45) is 0.190. The first-order valence-corrected chi connectivity index (χ1v) is 11.4. The van der Waals surface area contributed by atoms with Crippen LogP contribution in [0.25, 0.3) is 0 Å². The maximum atomic E-state index is 12.6. The number of carboxylic acid groups (broad SMARTS) is 1. The zero-order chi connectivity index (χ0) is 20.5. The lowest BCUT2D eigenvalue weighted by atomic mass is 10.0. The number of hydrogen-bond acceptors (Lipinski definition) is 10. The van der Waals surface area contributed by atoms with Crippen LogP contribution < -0.4 is 10.4 Å². The fourth-order valence-electron chi connectivity index (χ4n) is 3.07. The molecule has 0 bridgehead atoms. The van der Waals surface area contributed by atoms with E-state index in [1.54, 1.807) is 7.05 Å². The third-order valence-electron chi connectivity index (χ3n) is 4.43. The second-order valence-electron chi connectivity index (χ2n) is 6.32. The molecule has 0 spiro atoms. The van der Waals surface area contributed by atoms with Crippen molar-refractivity contribution in [3.05, 3.63) is 33.7 Å². The molecule has 1 fully saturated rings. The standard InChI is InChI=1S/C16H16N6O4S3/c1-21-16(18-19-20-21)29-7-8-6-28-14-11(13(24)22(14)12(8)15(25)26)17-10(23)5-9-3-2-4-27-9/h2-4,11,14H,5-7H2,1H3,(H,17,23)(H,25,26)/p-1. The molecule has 13 heteroatoms. The van der Waals surface area contributed by atoms with E-state index in [1.165, 1.54) is 44.4 Å². The first kappa shape index (κ1) is 19.9. The number of nitrogens with zero attached hydrogens (tertiary/aromatic N) is 5. The second-order valence-corrected chi connectivity index (χ2v) is 9.40. The fraction of sp³-hybridized carbons (Fsp3) is 0.375. The first-order valence-electron chi connectivity index (χ1n) is 8.50. The number of carboxylic acids is 1. The van der Waals surface area contributed by atoms with E-state index in [2.05, 4.69) is 20.8 Å². The van der Waals surface area contributed by atoms with Gasteiger partial charge in [0.2, 0.25) is 11.1 Å². The number of thiophene rings is 1. The average Bonchev–Trinajstić information content (AvgIpc) is 3.35. The number of thioether (sulfide) groups is 2. The van der Waals surface area contributed by atoms with Crippen molar-refractivity contribution < 1.29 is 19.5 Å². The van der Waals surface area contributed by atoms with Gasteiger partial charge in [-0.1, -0.05) is 17.8 Å². The summed E-state index contributed by atoms with van der Waals surface area (Å²) in [5.41, 5.74) is 0.445. The first-order chi connectivity index (χ1) is 14.0. The van der Waals surface area contributed by atoms with Crippen molar-refractivity contribution >= 4 is 52.6 Å². The fourth-order valence-corrected chi connectivity index (χ4v) is 6.11. The monoisotopic (exact) mass is 451 g/mol. The van der Waals surface area contributed by atoms with Crippen molar-refractivity contribution in [3.63, 3.8) is 0 Å². The highest BCUT2D eigenvalue weighted by molar-refractivity contribution is 8.01. The molecule has 1 saturated heterocycles. The normalized spacial score (nSPS) is 21.0. The number of amides is 2. The SMILES string of the molecule is Cn1nnnc1SCC1=C(C(=O)[O-])N2C(=O)C(NC(=O)Cc3cccs3)C2SC1. The van der Waals surface area contributed by atoms with Gasteiger partial charge in [0.1, 0.15) is 11.4 Å². The number of rotatable bonds is 7. The Hall–Kier alpha value is -2.38. The number of carbonyl (C=O) groups excluding carboxylic acids is 3. The van der Waals surface area contributed by atoms with Crippen LogP contribution in [0.3, 0.4) is 0 Å². The van der Waals surface area contributed by atoms with E-state index in [4.69, 9.17) is 0 Å². The third-order valence-corrected chi connectivity index (χ3v) is 7.74. The Morgan fingerprint density at radius 1 is 1.45 bits per heavy atom. The summed E-state index contributed by atoms with van der Waals surface area (Å²) in [4.78, 5) is 38.7. The molecule has 4 rings (SSSR count). The van der Waals surface area contributed by atoms with Gasteiger partial charge < -0.3 is 15.2 Å². The van der Waals surface area contributed by atoms with Gasteiger partial charge in [-0.05, 0) is 27.4 Å². The van der Waals surface area contributed by atoms with Crippen LogP contribution in [-0.4, -0.2) is 65.8 Å². The van der Waals surface area contributed by atoms with Crippen molar-refractivity contribution in [1.82, 2.24) is 30.4 Å². The molecule has 0 saturated carbocycles. The van der Waals surface area contributed by atoms with Gasteiger partial charge in [0, 0.05) is 23.4 Å². The highest BCUT2D eigenvalue weighted by Crippen LogP contribution is 2.41. The minimum absolute atomic E-state index is 0.120. The van der Waals surface area contributed by atoms with E-state index in [-0.39, 0.29) is 18.0 Å². The molecule has 0 aliphatic carbocycles. The van der Waals surface area contributed by atoms with Gasteiger partial charge in [0.25, 0.3) is 5.91 Å². The van der Waals surface area contributed by atoms with E-state index < -0.39 is 23.3 Å². The molecular weight excluding hydrogens is 436 g/mol. The van der Waals surface area contributed by atoms with Crippen molar-refractivity contribution in [2.24, 2.45) is 7.05 Å². The molecule has 1 N–H and O–H groups in total. The average molecular weight is 452 g/mol. The van der Waals surface area contributed by atoms with Crippen LogP contribution in [0.2, 0.25) is 0 Å². The highest BCUT2D eigenvalue weighted by atomic mass is 32.2. The van der Waals surface area contributed by atoms with Gasteiger partial charge in [-0.2, -0.15) is 0 Å². The van der Waals surface area contributed by atoms with E-state index in [9.17, 15) is 19.5 Å². The largest absolute Gasteiger partial charge is 0.543 e. The Kier molecular flexibility index (Phi) is 5.61. The van der Waals surface area contributed by atoms with E-state index in [0.29, 0.717) is 22.2 Å². The van der Waals surface area contributed by atoms with Crippen LogP contribution in [0.5, 0.6) is 0 Å². The van der Waals surface area contributed by atoms with Crippen LogP contribution in [-0.2, 0) is 27.9 Å². The number of tetrazole rings is 1. The summed E-state index contributed by atoms with van der Waals surface area (Å²) in [6, 6.07) is 2.97. The molecule has 0 radical (unpaired) electrons. The molecule has 2 amide bonds. The van der Waals surface area contributed by atoms with Crippen molar-refractivity contribution in [2.45, 2.75) is 23.0 Å². The quantitative estimate of drug-likeness (QED) is 0.416. The number of aromatic nitrogens is 4. The Labute approximate surface area is 177 Å². The minimum atomic E-state index is -1.40. The van der Waals surface area contributed by atoms with Crippen LogP contribution in [0.15, 0.2) is 33.9 Å². The molecule has 0 aromatic carbocycles. The summed E-state index contributed by atoms with van der Waals surface area (Å²) in [6.45, 7) is 0. The number of carbonyl (C=O) groups is 3. The van der Waals surface area contributed by atoms with Crippen LogP contribution in [0.1, 0.15) is 4.88 Å². The van der Waals surface area contributed by atoms with E-state index >= 15 is 0 Å².